The Morgan fingerprint density at radius 3 is 2.72 bits per heavy atom. The molecule has 1 N–H and O–H groups in total. The van der Waals surface area contributed by atoms with Gasteiger partial charge in [0, 0.05) is 4.88 Å². The lowest BCUT2D eigenvalue weighted by molar-refractivity contribution is 0.0938. The van der Waals surface area contributed by atoms with Gasteiger partial charge in [0.05, 0.1) is 16.1 Å². The number of aryl methyl sites for hydroxylation is 2. The van der Waals surface area contributed by atoms with Crippen LogP contribution in [0.1, 0.15) is 39.7 Å². The number of rotatable bonds is 3. The summed E-state index contributed by atoms with van der Waals surface area (Å²) in [6, 6.07) is 3.63. The summed E-state index contributed by atoms with van der Waals surface area (Å²) in [6.07, 6.45) is 0. The van der Waals surface area contributed by atoms with Crippen LogP contribution in [0.25, 0.3) is 0 Å². The number of hydrogen-bond donors (Lipinski definition) is 1. The van der Waals surface area contributed by atoms with E-state index in [1.165, 1.54) is 11.3 Å². The maximum atomic E-state index is 12.1. The number of thiophene rings is 1. The van der Waals surface area contributed by atoms with Crippen LogP contribution in [-0.2, 0) is 0 Å². The van der Waals surface area contributed by atoms with Gasteiger partial charge in [-0.3, -0.25) is 4.79 Å². The number of hydrogen-bond acceptors (Lipinski definition) is 4. The molecule has 1 atom stereocenters. The average Bonchev–Trinajstić information content (AvgIpc) is 2.85. The van der Waals surface area contributed by atoms with E-state index in [-0.39, 0.29) is 11.9 Å². The molecule has 0 saturated carbocycles. The van der Waals surface area contributed by atoms with Crippen LogP contribution in [0, 0.1) is 13.8 Å². The van der Waals surface area contributed by atoms with Gasteiger partial charge in [0.25, 0.3) is 5.91 Å². The number of amides is 1. The van der Waals surface area contributed by atoms with Crippen molar-refractivity contribution in [1.29, 1.82) is 0 Å². The molecule has 2 heterocycles. The molecule has 6 heteroatoms. The largest absolute Gasteiger partial charge is 0.361 e. The molecule has 2 aromatic heterocycles. The molecule has 1 amide bonds. The molecule has 2 rings (SSSR count). The summed E-state index contributed by atoms with van der Waals surface area (Å²) >= 11 is 7.33. The third kappa shape index (κ3) is 2.57. The van der Waals surface area contributed by atoms with E-state index >= 15 is 0 Å². The van der Waals surface area contributed by atoms with Gasteiger partial charge in [0.2, 0.25) is 0 Å². The van der Waals surface area contributed by atoms with E-state index in [1.807, 2.05) is 19.1 Å². The summed E-state index contributed by atoms with van der Waals surface area (Å²) in [5, 5.41) is 6.67. The van der Waals surface area contributed by atoms with E-state index in [4.69, 9.17) is 16.1 Å². The van der Waals surface area contributed by atoms with Crippen LogP contribution in [0.4, 0.5) is 0 Å². The number of nitrogens with one attached hydrogen (secondary N) is 1. The lowest BCUT2D eigenvalue weighted by Gasteiger charge is -2.11. The van der Waals surface area contributed by atoms with Crippen LogP contribution in [0.3, 0.4) is 0 Å². The first-order chi connectivity index (χ1) is 8.49. The van der Waals surface area contributed by atoms with Crippen molar-refractivity contribution >= 4 is 28.8 Å². The molecule has 96 valence electrons. The second-order valence-corrected chi connectivity index (χ2v) is 5.78. The number of aromatic nitrogens is 1. The molecule has 2 aromatic rings. The molecule has 0 aliphatic rings. The Morgan fingerprint density at radius 1 is 1.50 bits per heavy atom. The molecule has 0 aromatic carbocycles. The fourth-order valence-electron chi connectivity index (χ4n) is 1.71. The van der Waals surface area contributed by atoms with Crippen molar-refractivity contribution in [2.75, 3.05) is 0 Å². The van der Waals surface area contributed by atoms with Crippen LogP contribution < -0.4 is 5.32 Å². The molecule has 18 heavy (non-hydrogen) atoms. The van der Waals surface area contributed by atoms with Crippen LogP contribution in [-0.4, -0.2) is 11.1 Å². The quantitative estimate of drug-likeness (QED) is 0.938. The lowest BCUT2D eigenvalue weighted by Crippen LogP contribution is -2.26. The molecule has 0 fully saturated rings. The summed E-state index contributed by atoms with van der Waals surface area (Å²) < 4.78 is 5.69. The van der Waals surface area contributed by atoms with Crippen LogP contribution in [0.5, 0.6) is 0 Å². The minimum atomic E-state index is -0.178. The molecule has 0 saturated heterocycles. The van der Waals surface area contributed by atoms with Crippen molar-refractivity contribution in [2.45, 2.75) is 26.8 Å². The molecule has 0 aliphatic heterocycles. The number of nitrogens with zero attached hydrogens (tertiary/aromatic N) is 1. The summed E-state index contributed by atoms with van der Waals surface area (Å²) in [7, 11) is 0. The Balaban J connectivity index is 2.13. The average molecular weight is 285 g/mol. The zero-order valence-corrected chi connectivity index (χ0v) is 11.9. The van der Waals surface area contributed by atoms with E-state index in [2.05, 4.69) is 10.5 Å². The minimum absolute atomic E-state index is 0.0938. The van der Waals surface area contributed by atoms with Gasteiger partial charge in [-0.15, -0.1) is 11.3 Å². The van der Waals surface area contributed by atoms with Crippen LogP contribution >= 0.6 is 22.9 Å². The number of carbonyl (C=O) groups excluding carboxylic acids is 1. The Labute approximate surface area is 114 Å². The Kier molecular flexibility index (Phi) is 3.73. The van der Waals surface area contributed by atoms with Crippen molar-refractivity contribution in [2.24, 2.45) is 0 Å². The normalized spacial score (nSPS) is 12.4. The van der Waals surface area contributed by atoms with Gasteiger partial charge in [0.15, 0.2) is 0 Å². The third-order valence-electron chi connectivity index (χ3n) is 2.63. The van der Waals surface area contributed by atoms with Gasteiger partial charge in [-0.25, -0.2) is 0 Å². The second kappa shape index (κ2) is 5.12. The van der Waals surface area contributed by atoms with Crippen molar-refractivity contribution in [3.05, 3.63) is 38.4 Å². The molecular formula is C12H13ClN2O2S. The van der Waals surface area contributed by atoms with E-state index in [9.17, 15) is 4.79 Å². The van der Waals surface area contributed by atoms with Gasteiger partial charge in [-0.05, 0) is 32.9 Å². The highest BCUT2D eigenvalue weighted by atomic mass is 35.5. The van der Waals surface area contributed by atoms with Crippen LogP contribution in [0.15, 0.2) is 16.7 Å². The van der Waals surface area contributed by atoms with Gasteiger partial charge in [-0.2, -0.15) is 0 Å². The number of carbonyl (C=O) groups is 1. The Hall–Kier alpha value is -1.33. The van der Waals surface area contributed by atoms with Gasteiger partial charge < -0.3 is 9.84 Å². The summed E-state index contributed by atoms with van der Waals surface area (Å²) in [5.41, 5.74) is 1.10. The fourth-order valence-corrected chi connectivity index (χ4v) is 2.77. The monoisotopic (exact) mass is 284 g/mol. The first-order valence-electron chi connectivity index (χ1n) is 5.48. The zero-order chi connectivity index (χ0) is 13.3. The van der Waals surface area contributed by atoms with Gasteiger partial charge in [0.1, 0.15) is 11.3 Å². The smallest absolute Gasteiger partial charge is 0.257 e. The minimum Gasteiger partial charge on any atom is -0.361 e. The summed E-state index contributed by atoms with van der Waals surface area (Å²) in [4.78, 5) is 13.1. The molecule has 1 unspecified atom stereocenters. The van der Waals surface area contributed by atoms with E-state index in [1.54, 1.807) is 13.8 Å². The lowest BCUT2D eigenvalue weighted by atomic mass is 10.1. The van der Waals surface area contributed by atoms with Gasteiger partial charge in [-0.1, -0.05) is 16.8 Å². The molecule has 0 bridgehead atoms. The molecular weight excluding hydrogens is 272 g/mol. The summed E-state index contributed by atoms with van der Waals surface area (Å²) in [5.74, 6) is 0.352. The highest BCUT2D eigenvalue weighted by molar-refractivity contribution is 7.16. The van der Waals surface area contributed by atoms with Crippen molar-refractivity contribution in [3.8, 4) is 0 Å². The molecule has 0 radical (unpaired) electrons. The SMILES string of the molecule is Cc1noc(C)c1C(=O)NC(C)c1ccc(Cl)s1. The molecule has 0 spiro atoms. The number of halogens is 1. The Bertz CT molecular complexity index is 557. The van der Waals surface area contributed by atoms with E-state index in [0.717, 1.165) is 4.88 Å². The predicted molar refractivity (Wildman–Crippen MR) is 71.2 cm³/mol. The first-order valence-corrected chi connectivity index (χ1v) is 6.67. The maximum Gasteiger partial charge on any atom is 0.257 e. The van der Waals surface area contributed by atoms with Crippen molar-refractivity contribution in [1.82, 2.24) is 10.5 Å². The third-order valence-corrected chi connectivity index (χ3v) is 4.04. The van der Waals surface area contributed by atoms with Crippen LogP contribution in [0.2, 0.25) is 4.34 Å². The second-order valence-electron chi connectivity index (χ2n) is 4.04. The first kappa shape index (κ1) is 13.1. The topological polar surface area (TPSA) is 55.1 Å². The highest BCUT2D eigenvalue weighted by Crippen LogP contribution is 2.27. The zero-order valence-electron chi connectivity index (χ0n) is 10.3. The predicted octanol–water partition coefficient (Wildman–Crippen LogP) is 3.50. The van der Waals surface area contributed by atoms with E-state index < -0.39 is 0 Å². The maximum absolute atomic E-state index is 12.1. The van der Waals surface area contributed by atoms with Crippen molar-refractivity contribution < 1.29 is 9.32 Å². The molecule has 4 nitrogen and oxygen atoms in total. The highest BCUT2D eigenvalue weighted by Gasteiger charge is 2.20. The fraction of sp³-hybridized carbons (Fsp3) is 0.333. The Morgan fingerprint density at radius 2 is 2.22 bits per heavy atom. The van der Waals surface area contributed by atoms with Crippen molar-refractivity contribution in [3.63, 3.8) is 0 Å². The summed E-state index contributed by atoms with van der Waals surface area (Å²) in [6.45, 7) is 5.39. The van der Waals surface area contributed by atoms with E-state index in [0.29, 0.717) is 21.4 Å². The standard InChI is InChI=1S/C12H13ClN2O2S/c1-6(9-4-5-10(13)18-9)14-12(16)11-7(2)15-17-8(11)3/h4-6H,1-3H3,(H,14,16). The molecule has 0 aliphatic carbocycles. The van der Waals surface area contributed by atoms with Gasteiger partial charge >= 0.3 is 0 Å².